The predicted molar refractivity (Wildman–Crippen MR) is 72.7 cm³/mol. The second-order valence-electron chi connectivity index (χ2n) is 4.93. The molecule has 0 heterocycles. The van der Waals surface area contributed by atoms with Gasteiger partial charge in [0.2, 0.25) is 0 Å². The molecule has 0 amide bonds. The summed E-state index contributed by atoms with van der Waals surface area (Å²) in [5, 5.41) is 12.3. The van der Waals surface area contributed by atoms with E-state index >= 15 is 0 Å². The van der Waals surface area contributed by atoms with Crippen LogP contribution in [0.25, 0.3) is 0 Å². The molecule has 3 nitrogen and oxygen atoms in total. The summed E-state index contributed by atoms with van der Waals surface area (Å²) >= 11 is 0. The van der Waals surface area contributed by atoms with E-state index in [2.05, 4.69) is 17.4 Å². The number of aliphatic hydroxyl groups is 1. The number of rotatable bonds is 6. The van der Waals surface area contributed by atoms with Gasteiger partial charge in [0.25, 0.3) is 0 Å². The van der Waals surface area contributed by atoms with Crippen molar-refractivity contribution in [1.82, 2.24) is 5.32 Å². The summed E-state index contributed by atoms with van der Waals surface area (Å²) in [4.78, 5) is 0. The van der Waals surface area contributed by atoms with Crippen molar-refractivity contribution in [2.45, 2.75) is 44.7 Å². The Morgan fingerprint density at radius 2 is 1.83 bits per heavy atom. The lowest BCUT2D eigenvalue weighted by Crippen LogP contribution is -2.30. The third kappa shape index (κ3) is 4.31. The van der Waals surface area contributed by atoms with Gasteiger partial charge in [-0.3, -0.25) is 0 Å². The molecule has 1 saturated carbocycles. The van der Waals surface area contributed by atoms with Crippen LogP contribution in [0.1, 0.15) is 37.7 Å². The Balaban J connectivity index is 1.75. The standard InChI is InChI=1S/C15H23NO2/c17-10-11-18-15-8-6-13(7-9-15)12-16-14-4-2-1-3-5-14/h6-9,14,16-17H,1-5,10-12H2. The Kier molecular flexibility index (Phi) is 5.49. The Bertz CT molecular complexity index is 331. The molecule has 0 atom stereocenters. The van der Waals surface area contributed by atoms with Crippen LogP contribution in [-0.4, -0.2) is 24.4 Å². The molecule has 100 valence electrons. The van der Waals surface area contributed by atoms with E-state index in [1.165, 1.54) is 37.7 Å². The van der Waals surface area contributed by atoms with Gasteiger partial charge in [-0.05, 0) is 30.5 Å². The summed E-state index contributed by atoms with van der Waals surface area (Å²) in [7, 11) is 0. The lowest BCUT2D eigenvalue weighted by Gasteiger charge is -2.22. The van der Waals surface area contributed by atoms with Gasteiger partial charge in [-0.1, -0.05) is 31.4 Å². The molecular formula is C15H23NO2. The smallest absolute Gasteiger partial charge is 0.119 e. The molecule has 0 spiro atoms. The fourth-order valence-electron chi connectivity index (χ4n) is 2.44. The summed E-state index contributed by atoms with van der Waals surface area (Å²) in [5.74, 6) is 0.825. The first-order valence-corrected chi connectivity index (χ1v) is 6.94. The maximum Gasteiger partial charge on any atom is 0.119 e. The molecule has 1 fully saturated rings. The average molecular weight is 249 g/mol. The maximum atomic E-state index is 8.68. The number of ether oxygens (including phenoxy) is 1. The highest BCUT2D eigenvalue weighted by Crippen LogP contribution is 2.18. The van der Waals surface area contributed by atoms with E-state index in [-0.39, 0.29) is 6.61 Å². The van der Waals surface area contributed by atoms with Gasteiger partial charge in [-0.25, -0.2) is 0 Å². The first kappa shape index (κ1) is 13.4. The highest BCUT2D eigenvalue weighted by Gasteiger charge is 2.12. The molecule has 18 heavy (non-hydrogen) atoms. The summed E-state index contributed by atoms with van der Waals surface area (Å²) in [6.07, 6.45) is 6.77. The molecule has 0 unspecified atom stereocenters. The van der Waals surface area contributed by atoms with Gasteiger partial charge < -0.3 is 15.2 Å². The molecule has 2 N–H and O–H groups in total. The van der Waals surface area contributed by atoms with Crippen molar-refractivity contribution in [2.24, 2.45) is 0 Å². The van der Waals surface area contributed by atoms with Gasteiger partial charge in [0.05, 0.1) is 6.61 Å². The molecule has 1 aromatic rings. The second kappa shape index (κ2) is 7.39. The van der Waals surface area contributed by atoms with E-state index in [1.807, 2.05) is 12.1 Å². The summed E-state index contributed by atoms with van der Waals surface area (Å²) in [6.45, 7) is 1.36. The molecule has 1 aliphatic carbocycles. The van der Waals surface area contributed by atoms with Crippen LogP contribution in [0.5, 0.6) is 5.75 Å². The van der Waals surface area contributed by atoms with Crippen molar-refractivity contribution < 1.29 is 9.84 Å². The minimum absolute atomic E-state index is 0.0605. The van der Waals surface area contributed by atoms with E-state index < -0.39 is 0 Å². The van der Waals surface area contributed by atoms with Gasteiger partial charge in [-0.2, -0.15) is 0 Å². The molecule has 3 heteroatoms. The van der Waals surface area contributed by atoms with Crippen LogP contribution in [0, 0.1) is 0 Å². The first-order chi connectivity index (χ1) is 8.88. The van der Waals surface area contributed by atoms with Crippen molar-refractivity contribution in [2.75, 3.05) is 13.2 Å². The maximum absolute atomic E-state index is 8.68. The van der Waals surface area contributed by atoms with Gasteiger partial charge in [0.15, 0.2) is 0 Å². The number of hydrogen-bond donors (Lipinski definition) is 2. The van der Waals surface area contributed by atoms with Crippen molar-refractivity contribution in [3.8, 4) is 5.75 Å². The van der Waals surface area contributed by atoms with Crippen LogP contribution in [0.15, 0.2) is 24.3 Å². The zero-order valence-electron chi connectivity index (χ0n) is 10.9. The molecule has 0 saturated heterocycles. The topological polar surface area (TPSA) is 41.5 Å². The SMILES string of the molecule is OCCOc1ccc(CNC2CCCCC2)cc1. The quantitative estimate of drug-likeness (QED) is 0.814. The van der Waals surface area contributed by atoms with E-state index in [9.17, 15) is 0 Å². The molecule has 1 aliphatic rings. The van der Waals surface area contributed by atoms with Crippen LogP contribution < -0.4 is 10.1 Å². The highest BCUT2D eigenvalue weighted by atomic mass is 16.5. The molecule has 0 radical (unpaired) electrons. The van der Waals surface area contributed by atoms with E-state index in [1.54, 1.807) is 0 Å². The summed E-state index contributed by atoms with van der Waals surface area (Å²) < 4.78 is 5.33. The van der Waals surface area contributed by atoms with Crippen LogP contribution in [0.4, 0.5) is 0 Å². The summed E-state index contributed by atoms with van der Waals surface area (Å²) in [6, 6.07) is 8.80. The van der Waals surface area contributed by atoms with Crippen molar-refractivity contribution in [1.29, 1.82) is 0 Å². The van der Waals surface area contributed by atoms with Crippen LogP contribution >= 0.6 is 0 Å². The number of hydrogen-bond acceptors (Lipinski definition) is 3. The third-order valence-electron chi connectivity index (χ3n) is 3.48. The van der Waals surface area contributed by atoms with Crippen molar-refractivity contribution in [3.05, 3.63) is 29.8 Å². The van der Waals surface area contributed by atoms with Crippen LogP contribution in [0.2, 0.25) is 0 Å². The third-order valence-corrected chi connectivity index (χ3v) is 3.48. The average Bonchev–Trinajstić information content (AvgIpc) is 2.45. The molecule has 1 aromatic carbocycles. The van der Waals surface area contributed by atoms with Gasteiger partial charge in [0.1, 0.15) is 12.4 Å². The highest BCUT2D eigenvalue weighted by molar-refractivity contribution is 5.27. The Morgan fingerprint density at radius 1 is 1.11 bits per heavy atom. The van der Waals surface area contributed by atoms with Gasteiger partial charge in [-0.15, -0.1) is 0 Å². The van der Waals surface area contributed by atoms with Crippen LogP contribution in [-0.2, 0) is 6.54 Å². The Morgan fingerprint density at radius 3 is 2.50 bits per heavy atom. The zero-order valence-corrected chi connectivity index (χ0v) is 10.9. The second-order valence-corrected chi connectivity index (χ2v) is 4.93. The summed E-state index contributed by atoms with van der Waals surface area (Å²) in [5.41, 5.74) is 1.29. The van der Waals surface area contributed by atoms with E-state index in [0.717, 1.165) is 12.3 Å². The number of benzene rings is 1. The van der Waals surface area contributed by atoms with E-state index in [4.69, 9.17) is 9.84 Å². The lowest BCUT2D eigenvalue weighted by atomic mass is 9.95. The minimum atomic E-state index is 0.0605. The Hall–Kier alpha value is -1.06. The fourth-order valence-corrected chi connectivity index (χ4v) is 2.44. The monoisotopic (exact) mass is 249 g/mol. The molecular weight excluding hydrogens is 226 g/mol. The Labute approximate surface area is 109 Å². The van der Waals surface area contributed by atoms with E-state index in [0.29, 0.717) is 12.6 Å². The minimum Gasteiger partial charge on any atom is -0.491 e. The molecule has 0 aliphatic heterocycles. The number of nitrogens with one attached hydrogen (secondary N) is 1. The first-order valence-electron chi connectivity index (χ1n) is 6.94. The molecule has 2 rings (SSSR count). The number of aliphatic hydroxyl groups excluding tert-OH is 1. The van der Waals surface area contributed by atoms with Crippen molar-refractivity contribution in [3.63, 3.8) is 0 Å². The van der Waals surface area contributed by atoms with Gasteiger partial charge >= 0.3 is 0 Å². The van der Waals surface area contributed by atoms with Crippen molar-refractivity contribution >= 4 is 0 Å². The van der Waals surface area contributed by atoms with Crippen LogP contribution in [0.3, 0.4) is 0 Å². The molecule has 0 aromatic heterocycles. The lowest BCUT2D eigenvalue weighted by molar-refractivity contribution is 0.201. The fraction of sp³-hybridized carbons (Fsp3) is 0.600. The normalized spacial score (nSPS) is 16.7. The molecule has 0 bridgehead atoms. The zero-order chi connectivity index (χ0) is 12.6. The largest absolute Gasteiger partial charge is 0.491 e. The predicted octanol–water partition coefficient (Wildman–Crippen LogP) is 2.48. The van der Waals surface area contributed by atoms with Gasteiger partial charge in [0, 0.05) is 12.6 Å².